The quantitative estimate of drug-likeness (QED) is 0.720. The van der Waals surface area contributed by atoms with Gasteiger partial charge in [-0.3, -0.25) is 0 Å². The van der Waals surface area contributed by atoms with E-state index in [4.69, 9.17) is 22.1 Å². The molecule has 3 aromatic rings. The van der Waals surface area contributed by atoms with Crippen LogP contribution in [-0.2, 0) is 0 Å². The first-order chi connectivity index (χ1) is 8.74. The molecule has 2 heterocycles. The second kappa shape index (κ2) is 4.19. The van der Waals surface area contributed by atoms with Crippen LogP contribution in [0.5, 0.6) is 11.6 Å². The van der Waals surface area contributed by atoms with E-state index in [1.807, 2.05) is 0 Å². The average Bonchev–Trinajstić information content (AvgIpc) is 2.75. The summed E-state index contributed by atoms with van der Waals surface area (Å²) in [5, 5.41) is 4.58. The van der Waals surface area contributed by atoms with Crippen LogP contribution >= 0.6 is 11.6 Å². The van der Waals surface area contributed by atoms with E-state index in [1.54, 1.807) is 41.0 Å². The molecule has 3 rings (SSSR count). The third-order valence-corrected chi connectivity index (χ3v) is 2.77. The molecule has 2 N–H and O–H groups in total. The molecule has 0 fully saturated rings. The number of ether oxygens (including phenoxy) is 1. The molecular formula is C12H9ClN4O. The monoisotopic (exact) mass is 260 g/mol. The number of anilines is 1. The van der Waals surface area contributed by atoms with E-state index in [0.717, 1.165) is 0 Å². The first kappa shape index (κ1) is 10.9. The summed E-state index contributed by atoms with van der Waals surface area (Å²) in [5.74, 6) is 1.05. The number of rotatable bonds is 2. The Balaban J connectivity index is 2.04. The summed E-state index contributed by atoms with van der Waals surface area (Å²) in [6, 6.07) is 8.79. The maximum atomic E-state index is 6.07. The fourth-order valence-electron chi connectivity index (χ4n) is 1.61. The van der Waals surface area contributed by atoms with Gasteiger partial charge in [-0.15, -0.1) is 0 Å². The van der Waals surface area contributed by atoms with Crippen molar-refractivity contribution < 1.29 is 4.74 Å². The van der Waals surface area contributed by atoms with Crippen LogP contribution in [0.15, 0.2) is 42.9 Å². The maximum absolute atomic E-state index is 6.07. The highest BCUT2D eigenvalue weighted by Gasteiger charge is 2.10. The zero-order valence-electron chi connectivity index (χ0n) is 9.25. The number of hydrogen-bond acceptors (Lipinski definition) is 4. The molecule has 90 valence electrons. The molecule has 0 atom stereocenters. The Labute approximate surface area is 108 Å². The van der Waals surface area contributed by atoms with Gasteiger partial charge in [0.2, 0.25) is 5.88 Å². The molecule has 18 heavy (non-hydrogen) atoms. The predicted octanol–water partition coefficient (Wildman–Crippen LogP) is 2.76. The minimum Gasteiger partial charge on any atom is -0.437 e. The van der Waals surface area contributed by atoms with Gasteiger partial charge in [0.15, 0.2) is 0 Å². The predicted molar refractivity (Wildman–Crippen MR) is 68.9 cm³/mol. The van der Waals surface area contributed by atoms with E-state index < -0.39 is 0 Å². The Kier molecular flexibility index (Phi) is 2.53. The highest BCUT2D eigenvalue weighted by Crippen LogP contribution is 2.29. The van der Waals surface area contributed by atoms with Crippen LogP contribution in [0.1, 0.15) is 0 Å². The van der Waals surface area contributed by atoms with E-state index in [0.29, 0.717) is 27.9 Å². The third kappa shape index (κ3) is 1.84. The zero-order chi connectivity index (χ0) is 12.5. The van der Waals surface area contributed by atoms with E-state index in [9.17, 15) is 0 Å². The molecule has 0 aliphatic heterocycles. The number of nitrogens with zero attached hydrogens (tertiary/aromatic N) is 3. The summed E-state index contributed by atoms with van der Waals surface area (Å²) in [4.78, 5) is 4.09. The largest absolute Gasteiger partial charge is 0.437 e. The van der Waals surface area contributed by atoms with Gasteiger partial charge >= 0.3 is 0 Å². The van der Waals surface area contributed by atoms with Gasteiger partial charge in [-0.2, -0.15) is 10.1 Å². The van der Waals surface area contributed by atoms with Gasteiger partial charge in [-0.05, 0) is 30.3 Å². The van der Waals surface area contributed by atoms with Crippen LogP contribution < -0.4 is 10.5 Å². The molecule has 1 aromatic carbocycles. The Morgan fingerprint density at radius 2 is 1.94 bits per heavy atom. The molecule has 0 bridgehead atoms. The number of hydrogen-bond donors (Lipinski definition) is 1. The SMILES string of the molecule is Nc1ccc(Oc2ncnn3ccc(Cl)c23)cc1. The molecule has 5 nitrogen and oxygen atoms in total. The topological polar surface area (TPSA) is 65.4 Å². The van der Waals surface area contributed by atoms with Gasteiger partial charge in [0.25, 0.3) is 0 Å². The molecule has 0 spiro atoms. The van der Waals surface area contributed by atoms with Crippen molar-refractivity contribution in [1.82, 2.24) is 14.6 Å². The summed E-state index contributed by atoms with van der Waals surface area (Å²) >= 11 is 6.07. The normalized spacial score (nSPS) is 10.7. The summed E-state index contributed by atoms with van der Waals surface area (Å²) < 4.78 is 7.29. The zero-order valence-corrected chi connectivity index (χ0v) is 10.0. The first-order valence-corrected chi connectivity index (χ1v) is 5.63. The maximum Gasteiger partial charge on any atom is 0.248 e. The average molecular weight is 261 g/mol. The molecule has 6 heteroatoms. The molecule has 2 aromatic heterocycles. The Bertz CT molecular complexity index is 693. The highest BCUT2D eigenvalue weighted by molar-refractivity contribution is 6.34. The van der Waals surface area contributed by atoms with Crippen LogP contribution in [0.25, 0.3) is 5.52 Å². The number of fused-ring (bicyclic) bond motifs is 1. The van der Waals surface area contributed by atoms with Crippen LogP contribution in [-0.4, -0.2) is 14.6 Å². The number of halogens is 1. The van der Waals surface area contributed by atoms with Crippen molar-refractivity contribution in [3.8, 4) is 11.6 Å². The van der Waals surface area contributed by atoms with Crippen LogP contribution in [0.2, 0.25) is 5.02 Å². The van der Waals surface area contributed by atoms with Crippen molar-refractivity contribution in [2.75, 3.05) is 5.73 Å². The summed E-state index contributed by atoms with van der Waals surface area (Å²) in [6.45, 7) is 0. The molecular weight excluding hydrogens is 252 g/mol. The molecule has 0 aliphatic rings. The Morgan fingerprint density at radius 1 is 1.17 bits per heavy atom. The van der Waals surface area contributed by atoms with Gasteiger partial charge in [0, 0.05) is 11.9 Å². The van der Waals surface area contributed by atoms with Gasteiger partial charge in [-0.25, -0.2) is 4.52 Å². The molecule has 0 saturated carbocycles. The summed E-state index contributed by atoms with van der Waals surface area (Å²) in [6.07, 6.45) is 3.16. The van der Waals surface area contributed by atoms with E-state index in [-0.39, 0.29) is 0 Å². The van der Waals surface area contributed by atoms with Crippen molar-refractivity contribution in [3.63, 3.8) is 0 Å². The second-order valence-corrected chi connectivity index (χ2v) is 4.10. The van der Waals surface area contributed by atoms with Crippen molar-refractivity contribution in [1.29, 1.82) is 0 Å². The number of aromatic nitrogens is 3. The Hall–Kier alpha value is -2.27. The molecule has 0 amide bonds. The van der Waals surface area contributed by atoms with Crippen LogP contribution in [0.4, 0.5) is 5.69 Å². The van der Waals surface area contributed by atoms with E-state index in [2.05, 4.69) is 10.1 Å². The standard InChI is InChI=1S/C12H9ClN4O/c13-10-5-6-17-11(10)12(15-7-16-17)18-9-3-1-8(14)2-4-9/h1-7H,14H2. The third-order valence-electron chi connectivity index (χ3n) is 2.47. The van der Waals surface area contributed by atoms with Crippen LogP contribution in [0, 0.1) is 0 Å². The van der Waals surface area contributed by atoms with Crippen molar-refractivity contribution in [2.45, 2.75) is 0 Å². The van der Waals surface area contributed by atoms with Gasteiger partial charge in [-0.1, -0.05) is 11.6 Å². The van der Waals surface area contributed by atoms with Crippen LogP contribution in [0.3, 0.4) is 0 Å². The fourth-order valence-corrected chi connectivity index (χ4v) is 1.84. The van der Waals surface area contributed by atoms with Gasteiger partial charge in [0.05, 0.1) is 5.02 Å². The lowest BCUT2D eigenvalue weighted by Gasteiger charge is -2.06. The lowest BCUT2D eigenvalue weighted by atomic mass is 10.3. The lowest BCUT2D eigenvalue weighted by molar-refractivity contribution is 0.463. The highest BCUT2D eigenvalue weighted by atomic mass is 35.5. The number of nitrogens with two attached hydrogens (primary N) is 1. The van der Waals surface area contributed by atoms with Gasteiger partial charge < -0.3 is 10.5 Å². The number of benzene rings is 1. The molecule has 0 aliphatic carbocycles. The minimum atomic E-state index is 0.407. The fraction of sp³-hybridized carbons (Fsp3) is 0. The summed E-state index contributed by atoms with van der Waals surface area (Å²) in [7, 11) is 0. The van der Waals surface area contributed by atoms with E-state index >= 15 is 0 Å². The smallest absolute Gasteiger partial charge is 0.248 e. The molecule has 0 unspecified atom stereocenters. The first-order valence-electron chi connectivity index (χ1n) is 5.25. The Morgan fingerprint density at radius 3 is 2.72 bits per heavy atom. The minimum absolute atomic E-state index is 0.407. The molecule has 0 radical (unpaired) electrons. The van der Waals surface area contributed by atoms with Crippen molar-refractivity contribution in [3.05, 3.63) is 47.9 Å². The van der Waals surface area contributed by atoms with Crippen molar-refractivity contribution >= 4 is 22.8 Å². The molecule has 0 saturated heterocycles. The van der Waals surface area contributed by atoms with Gasteiger partial charge in [0.1, 0.15) is 17.6 Å². The second-order valence-electron chi connectivity index (χ2n) is 3.69. The van der Waals surface area contributed by atoms with E-state index in [1.165, 1.54) is 6.33 Å². The summed E-state index contributed by atoms with van der Waals surface area (Å²) in [5.41, 5.74) is 6.92. The van der Waals surface area contributed by atoms with Crippen molar-refractivity contribution in [2.24, 2.45) is 0 Å². The lowest BCUT2D eigenvalue weighted by Crippen LogP contribution is -1.96. The number of nitrogen functional groups attached to an aromatic ring is 1.